The number of carbonyl (C=O) groups excluding carboxylic acids is 1. The van der Waals surface area contributed by atoms with E-state index in [4.69, 9.17) is 5.11 Å². The largest absolute Gasteiger partial charge is 0.396 e. The van der Waals surface area contributed by atoms with Gasteiger partial charge in [0.25, 0.3) is 0 Å². The SMILES string of the molecule is O=C(C1CCSC1)N1CCC(CCO)C1. The standard InChI is InChI=1S/C11H19NO2S/c13-5-2-9-1-4-12(7-9)11(14)10-3-6-15-8-10/h9-10,13H,1-8H2. The lowest BCUT2D eigenvalue weighted by Crippen LogP contribution is -2.34. The van der Waals surface area contributed by atoms with Gasteiger partial charge in [-0.3, -0.25) is 4.79 Å². The number of nitrogens with zero attached hydrogens (tertiary/aromatic N) is 1. The van der Waals surface area contributed by atoms with Gasteiger partial charge in [-0.2, -0.15) is 11.8 Å². The smallest absolute Gasteiger partial charge is 0.226 e. The molecule has 0 radical (unpaired) electrons. The minimum atomic E-state index is 0.256. The summed E-state index contributed by atoms with van der Waals surface area (Å²) in [6, 6.07) is 0. The first-order valence-electron chi connectivity index (χ1n) is 5.78. The van der Waals surface area contributed by atoms with Crippen LogP contribution in [0.1, 0.15) is 19.3 Å². The molecule has 2 heterocycles. The summed E-state index contributed by atoms with van der Waals surface area (Å²) >= 11 is 1.89. The van der Waals surface area contributed by atoms with Gasteiger partial charge in [0.05, 0.1) is 0 Å². The monoisotopic (exact) mass is 229 g/mol. The Balaban J connectivity index is 1.81. The molecule has 2 fully saturated rings. The minimum absolute atomic E-state index is 0.256. The third kappa shape index (κ3) is 2.67. The summed E-state index contributed by atoms with van der Waals surface area (Å²) in [5, 5.41) is 8.86. The molecule has 2 saturated heterocycles. The van der Waals surface area contributed by atoms with Gasteiger partial charge in [0.15, 0.2) is 0 Å². The van der Waals surface area contributed by atoms with Crippen LogP contribution in [-0.4, -0.2) is 47.1 Å². The number of rotatable bonds is 3. The number of hydrogen-bond acceptors (Lipinski definition) is 3. The first-order chi connectivity index (χ1) is 7.31. The zero-order chi connectivity index (χ0) is 10.7. The third-order valence-corrected chi connectivity index (χ3v) is 4.58. The Hall–Kier alpha value is -0.220. The number of carbonyl (C=O) groups is 1. The summed E-state index contributed by atoms with van der Waals surface area (Å²) in [4.78, 5) is 14.1. The van der Waals surface area contributed by atoms with Gasteiger partial charge in [-0.15, -0.1) is 0 Å². The minimum Gasteiger partial charge on any atom is -0.396 e. The van der Waals surface area contributed by atoms with Crippen LogP contribution in [0.4, 0.5) is 0 Å². The second-order valence-corrected chi connectivity index (χ2v) is 5.66. The average molecular weight is 229 g/mol. The first-order valence-corrected chi connectivity index (χ1v) is 6.94. The molecule has 0 aromatic carbocycles. The van der Waals surface area contributed by atoms with Crippen molar-refractivity contribution in [2.45, 2.75) is 19.3 Å². The van der Waals surface area contributed by atoms with Crippen LogP contribution in [0.3, 0.4) is 0 Å². The third-order valence-electron chi connectivity index (χ3n) is 3.41. The molecule has 2 aliphatic heterocycles. The quantitative estimate of drug-likeness (QED) is 0.784. The number of amides is 1. The van der Waals surface area contributed by atoms with Crippen LogP contribution in [0.25, 0.3) is 0 Å². The summed E-state index contributed by atoms with van der Waals surface area (Å²) in [6.45, 7) is 2.04. The molecule has 0 aromatic rings. The lowest BCUT2D eigenvalue weighted by Gasteiger charge is -2.20. The molecule has 2 aliphatic rings. The van der Waals surface area contributed by atoms with Crippen molar-refractivity contribution in [2.75, 3.05) is 31.2 Å². The first kappa shape index (κ1) is 11.3. The Morgan fingerprint density at radius 3 is 3.00 bits per heavy atom. The topological polar surface area (TPSA) is 40.5 Å². The molecular weight excluding hydrogens is 210 g/mol. The highest BCUT2D eigenvalue weighted by atomic mass is 32.2. The van der Waals surface area contributed by atoms with E-state index in [2.05, 4.69) is 0 Å². The molecule has 2 atom stereocenters. The summed E-state index contributed by atoms with van der Waals surface area (Å²) in [6.07, 6.45) is 2.99. The Labute approximate surface area is 95.2 Å². The fraction of sp³-hybridized carbons (Fsp3) is 0.909. The molecule has 1 N–H and O–H groups in total. The van der Waals surface area contributed by atoms with E-state index in [9.17, 15) is 4.79 Å². The molecule has 0 bridgehead atoms. The highest BCUT2D eigenvalue weighted by Crippen LogP contribution is 2.28. The molecule has 2 unspecified atom stereocenters. The number of hydrogen-bond donors (Lipinski definition) is 1. The molecule has 4 heteroatoms. The number of thioether (sulfide) groups is 1. The molecule has 0 aliphatic carbocycles. The highest BCUT2D eigenvalue weighted by molar-refractivity contribution is 7.99. The van der Waals surface area contributed by atoms with Gasteiger partial charge in [-0.1, -0.05) is 0 Å². The van der Waals surface area contributed by atoms with E-state index in [1.807, 2.05) is 16.7 Å². The van der Waals surface area contributed by atoms with Crippen molar-refractivity contribution < 1.29 is 9.90 Å². The zero-order valence-electron chi connectivity index (χ0n) is 9.02. The highest BCUT2D eigenvalue weighted by Gasteiger charge is 2.32. The Morgan fingerprint density at radius 1 is 1.47 bits per heavy atom. The average Bonchev–Trinajstić information content (AvgIpc) is 2.87. The molecule has 15 heavy (non-hydrogen) atoms. The number of likely N-dealkylation sites (tertiary alicyclic amines) is 1. The predicted octanol–water partition coefficient (Wildman–Crippen LogP) is 0.970. The van der Waals surface area contributed by atoms with Crippen molar-refractivity contribution in [2.24, 2.45) is 11.8 Å². The second kappa shape index (κ2) is 5.21. The van der Waals surface area contributed by atoms with Gasteiger partial charge in [0.2, 0.25) is 5.91 Å². The van der Waals surface area contributed by atoms with Gasteiger partial charge in [0, 0.05) is 31.4 Å². The van der Waals surface area contributed by atoms with Crippen LogP contribution in [-0.2, 0) is 4.79 Å². The van der Waals surface area contributed by atoms with E-state index >= 15 is 0 Å². The van der Waals surface area contributed by atoms with Gasteiger partial charge >= 0.3 is 0 Å². The predicted molar refractivity (Wildman–Crippen MR) is 61.8 cm³/mol. The van der Waals surface area contributed by atoms with Crippen molar-refractivity contribution in [1.82, 2.24) is 4.90 Å². The normalized spacial score (nSPS) is 31.1. The van der Waals surface area contributed by atoms with Crippen molar-refractivity contribution in [3.63, 3.8) is 0 Å². The van der Waals surface area contributed by atoms with Crippen molar-refractivity contribution in [3.8, 4) is 0 Å². The van der Waals surface area contributed by atoms with E-state index in [1.54, 1.807) is 0 Å². The molecule has 3 nitrogen and oxygen atoms in total. The number of aliphatic hydroxyl groups is 1. The summed E-state index contributed by atoms with van der Waals surface area (Å²) in [5.41, 5.74) is 0. The molecular formula is C11H19NO2S. The Bertz CT molecular complexity index is 229. The maximum Gasteiger partial charge on any atom is 0.226 e. The van der Waals surface area contributed by atoms with E-state index < -0.39 is 0 Å². The van der Waals surface area contributed by atoms with E-state index in [0.29, 0.717) is 11.8 Å². The van der Waals surface area contributed by atoms with Gasteiger partial charge in [0.1, 0.15) is 0 Å². The molecule has 0 saturated carbocycles. The fourth-order valence-corrected chi connectivity index (χ4v) is 3.65. The van der Waals surface area contributed by atoms with Crippen LogP contribution in [0.2, 0.25) is 0 Å². The maximum absolute atomic E-state index is 12.0. The molecule has 0 spiro atoms. The van der Waals surface area contributed by atoms with Crippen LogP contribution >= 0.6 is 11.8 Å². The molecule has 2 rings (SSSR count). The summed E-state index contributed by atoms with van der Waals surface area (Å²) in [5.74, 6) is 3.33. The van der Waals surface area contributed by atoms with Crippen LogP contribution in [0, 0.1) is 11.8 Å². The zero-order valence-corrected chi connectivity index (χ0v) is 9.84. The van der Waals surface area contributed by atoms with Gasteiger partial charge in [-0.25, -0.2) is 0 Å². The van der Waals surface area contributed by atoms with E-state index in [0.717, 1.165) is 43.9 Å². The lowest BCUT2D eigenvalue weighted by atomic mass is 10.1. The lowest BCUT2D eigenvalue weighted by molar-refractivity contribution is -0.133. The molecule has 1 amide bonds. The van der Waals surface area contributed by atoms with Crippen molar-refractivity contribution in [3.05, 3.63) is 0 Å². The van der Waals surface area contributed by atoms with Crippen molar-refractivity contribution in [1.29, 1.82) is 0 Å². The van der Waals surface area contributed by atoms with E-state index in [1.165, 1.54) is 0 Å². The Morgan fingerprint density at radius 2 is 2.33 bits per heavy atom. The summed E-state index contributed by atoms with van der Waals surface area (Å²) in [7, 11) is 0. The van der Waals surface area contributed by atoms with Gasteiger partial charge in [-0.05, 0) is 30.9 Å². The summed E-state index contributed by atoms with van der Waals surface area (Å²) < 4.78 is 0. The van der Waals surface area contributed by atoms with Crippen LogP contribution in [0.15, 0.2) is 0 Å². The second-order valence-electron chi connectivity index (χ2n) is 4.51. The molecule has 0 aromatic heterocycles. The van der Waals surface area contributed by atoms with Crippen LogP contribution < -0.4 is 0 Å². The fourth-order valence-electron chi connectivity index (χ4n) is 2.44. The number of aliphatic hydroxyl groups excluding tert-OH is 1. The van der Waals surface area contributed by atoms with Gasteiger partial charge < -0.3 is 10.0 Å². The Kier molecular flexibility index (Phi) is 3.92. The molecule has 86 valence electrons. The van der Waals surface area contributed by atoms with Crippen LogP contribution in [0.5, 0.6) is 0 Å². The van der Waals surface area contributed by atoms with E-state index in [-0.39, 0.29) is 12.5 Å². The van der Waals surface area contributed by atoms with Crippen molar-refractivity contribution >= 4 is 17.7 Å². The maximum atomic E-state index is 12.0.